The van der Waals surface area contributed by atoms with Crippen LogP contribution in [0.15, 0.2) is 55.4 Å². The molecular weight excluding hydrogens is 375 g/mol. The molecule has 0 saturated carbocycles. The topological polar surface area (TPSA) is 55.0 Å². The number of benzene rings is 1. The highest BCUT2D eigenvalue weighted by Crippen LogP contribution is 2.34. The van der Waals surface area contributed by atoms with Crippen molar-refractivity contribution in [2.45, 2.75) is 19.5 Å². The summed E-state index contributed by atoms with van der Waals surface area (Å²) < 4.78 is 14.6. The Bertz CT molecular complexity index is 1040. The predicted molar refractivity (Wildman–Crippen MR) is 110 cm³/mol. The molecule has 4 rings (SSSR count). The molecule has 0 atom stereocenters. The van der Waals surface area contributed by atoms with Crippen LogP contribution < -0.4 is 5.73 Å². The summed E-state index contributed by atoms with van der Waals surface area (Å²) >= 11 is 5.93. The van der Waals surface area contributed by atoms with E-state index < -0.39 is 0 Å². The summed E-state index contributed by atoms with van der Waals surface area (Å²) in [5, 5.41) is 0.371. The van der Waals surface area contributed by atoms with Crippen molar-refractivity contribution in [3.8, 4) is 11.1 Å². The molecule has 0 fully saturated rings. The normalized spacial score (nSPS) is 13.9. The molecule has 28 heavy (non-hydrogen) atoms. The third-order valence-corrected chi connectivity index (χ3v) is 5.18. The van der Waals surface area contributed by atoms with Gasteiger partial charge in [0, 0.05) is 42.6 Å². The number of rotatable bonds is 4. The number of hydrogen-bond donors (Lipinski definition) is 1. The lowest BCUT2D eigenvalue weighted by molar-refractivity contribution is 0.241. The van der Waals surface area contributed by atoms with Gasteiger partial charge in [-0.15, -0.1) is 0 Å². The van der Waals surface area contributed by atoms with Gasteiger partial charge in [0.05, 0.1) is 17.1 Å². The van der Waals surface area contributed by atoms with Crippen LogP contribution in [0.5, 0.6) is 0 Å². The first-order chi connectivity index (χ1) is 13.5. The predicted octanol–water partition coefficient (Wildman–Crippen LogP) is 4.42. The van der Waals surface area contributed by atoms with Crippen molar-refractivity contribution in [2.75, 3.05) is 6.54 Å². The highest BCUT2D eigenvalue weighted by molar-refractivity contribution is 6.30. The van der Waals surface area contributed by atoms with Crippen molar-refractivity contribution in [1.82, 2.24) is 14.9 Å². The van der Waals surface area contributed by atoms with E-state index in [2.05, 4.69) is 22.5 Å². The number of aromatic nitrogens is 2. The Morgan fingerprint density at radius 1 is 1.25 bits per heavy atom. The molecule has 2 N–H and O–H groups in total. The van der Waals surface area contributed by atoms with E-state index in [-0.39, 0.29) is 5.82 Å². The minimum Gasteiger partial charge on any atom is -0.397 e. The van der Waals surface area contributed by atoms with Crippen molar-refractivity contribution in [3.63, 3.8) is 0 Å². The molecule has 1 aliphatic heterocycles. The molecule has 0 saturated heterocycles. The van der Waals surface area contributed by atoms with E-state index in [1.165, 1.54) is 6.07 Å². The van der Waals surface area contributed by atoms with Crippen molar-refractivity contribution in [3.05, 3.63) is 88.7 Å². The zero-order valence-electron chi connectivity index (χ0n) is 15.3. The quantitative estimate of drug-likeness (QED) is 0.711. The SMILES string of the molecule is C=C(N)c1cc(-c2ccc(Cl)cc2F)c2c(n1)CN(Cc1cccnc1)CC2. The largest absolute Gasteiger partial charge is 0.397 e. The summed E-state index contributed by atoms with van der Waals surface area (Å²) in [4.78, 5) is 11.2. The number of pyridine rings is 2. The van der Waals surface area contributed by atoms with Crippen molar-refractivity contribution >= 4 is 17.3 Å². The molecule has 4 nitrogen and oxygen atoms in total. The molecule has 142 valence electrons. The molecule has 1 aliphatic rings. The van der Waals surface area contributed by atoms with E-state index in [1.807, 2.05) is 18.3 Å². The molecule has 3 heterocycles. The van der Waals surface area contributed by atoms with Gasteiger partial charge in [0.2, 0.25) is 0 Å². The second-order valence-corrected chi connectivity index (χ2v) is 7.39. The van der Waals surface area contributed by atoms with Gasteiger partial charge in [0.25, 0.3) is 0 Å². The second kappa shape index (κ2) is 7.70. The molecule has 3 aromatic rings. The summed E-state index contributed by atoms with van der Waals surface area (Å²) in [6.07, 6.45) is 4.41. The summed E-state index contributed by atoms with van der Waals surface area (Å²) in [7, 11) is 0. The van der Waals surface area contributed by atoms with Gasteiger partial charge in [-0.25, -0.2) is 9.37 Å². The highest BCUT2D eigenvalue weighted by Gasteiger charge is 2.23. The van der Waals surface area contributed by atoms with Gasteiger partial charge in [0.15, 0.2) is 0 Å². The molecule has 0 amide bonds. The van der Waals surface area contributed by atoms with E-state index in [1.54, 1.807) is 18.3 Å². The lowest BCUT2D eigenvalue weighted by atomic mass is 9.92. The maximum atomic E-state index is 14.6. The van der Waals surface area contributed by atoms with Gasteiger partial charge in [-0.3, -0.25) is 9.88 Å². The Kier molecular flexibility index (Phi) is 5.11. The molecule has 0 unspecified atom stereocenters. The molecule has 0 radical (unpaired) electrons. The van der Waals surface area contributed by atoms with Crippen LogP contribution >= 0.6 is 11.6 Å². The number of nitrogens with zero attached hydrogens (tertiary/aromatic N) is 3. The second-order valence-electron chi connectivity index (χ2n) is 6.95. The van der Waals surface area contributed by atoms with Crippen LogP contribution in [0.2, 0.25) is 5.02 Å². The van der Waals surface area contributed by atoms with Crippen LogP contribution in [0.1, 0.15) is 22.5 Å². The number of hydrogen-bond acceptors (Lipinski definition) is 4. The van der Waals surface area contributed by atoms with E-state index >= 15 is 0 Å². The minimum absolute atomic E-state index is 0.354. The van der Waals surface area contributed by atoms with Crippen LogP contribution in [0.4, 0.5) is 4.39 Å². The highest BCUT2D eigenvalue weighted by atomic mass is 35.5. The van der Waals surface area contributed by atoms with Crippen LogP contribution in [0.25, 0.3) is 16.8 Å². The third-order valence-electron chi connectivity index (χ3n) is 4.94. The lowest BCUT2D eigenvalue weighted by Crippen LogP contribution is -2.31. The molecule has 0 spiro atoms. The molecular formula is C22H20ClFN4. The first kappa shape index (κ1) is 18.6. The Morgan fingerprint density at radius 2 is 2.11 bits per heavy atom. The third kappa shape index (κ3) is 3.77. The fraction of sp³-hybridized carbons (Fsp3) is 0.182. The van der Waals surface area contributed by atoms with Crippen molar-refractivity contribution in [2.24, 2.45) is 5.73 Å². The number of fused-ring (bicyclic) bond motifs is 1. The zero-order chi connectivity index (χ0) is 19.7. The molecule has 6 heteroatoms. The lowest BCUT2D eigenvalue weighted by Gasteiger charge is -2.30. The smallest absolute Gasteiger partial charge is 0.132 e. The summed E-state index contributed by atoms with van der Waals surface area (Å²) in [6, 6.07) is 10.5. The Labute approximate surface area is 168 Å². The monoisotopic (exact) mass is 394 g/mol. The summed E-state index contributed by atoms with van der Waals surface area (Å²) in [5.41, 5.74) is 11.3. The van der Waals surface area contributed by atoms with Crippen molar-refractivity contribution < 1.29 is 4.39 Å². The fourth-order valence-electron chi connectivity index (χ4n) is 3.59. The van der Waals surface area contributed by atoms with Gasteiger partial charge in [-0.05, 0) is 53.4 Å². The first-order valence-electron chi connectivity index (χ1n) is 9.05. The van der Waals surface area contributed by atoms with Crippen LogP contribution in [-0.2, 0) is 19.5 Å². The number of nitrogens with two attached hydrogens (primary N) is 1. The van der Waals surface area contributed by atoms with E-state index in [0.717, 1.165) is 41.9 Å². The van der Waals surface area contributed by atoms with Gasteiger partial charge >= 0.3 is 0 Å². The average Bonchev–Trinajstić information content (AvgIpc) is 2.68. The Balaban J connectivity index is 1.73. The Morgan fingerprint density at radius 3 is 2.82 bits per heavy atom. The first-order valence-corrected chi connectivity index (χ1v) is 9.43. The van der Waals surface area contributed by atoms with Crippen LogP contribution in [0.3, 0.4) is 0 Å². The van der Waals surface area contributed by atoms with Crippen LogP contribution in [0, 0.1) is 5.82 Å². The maximum Gasteiger partial charge on any atom is 0.132 e. The molecule has 0 bridgehead atoms. The zero-order valence-corrected chi connectivity index (χ0v) is 16.1. The van der Waals surface area contributed by atoms with Crippen LogP contribution in [-0.4, -0.2) is 21.4 Å². The van der Waals surface area contributed by atoms with E-state index in [0.29, 0.717) is 28.5 Å². The standard InChI is InChI=1S/C22H20ClFN4/c1-14(25)21-10-19(17-5-4-16(23)9-20(17)24)18-6-8-28(13-22(18)27-21)12-15-3-2-7-26-11-15/h2-5,7,9-11H,1,6,8,12-13,25H2. The average molecular weight is 395 g/mol. The van der Waals surface area contributed by atoms with Gasteiger partial charge in [0.1, 0.15) is 5.82 Å². The Hall–Kier alpha value is -2.76. The number of halogens is 2. The maximum absolute atomic E-state index is 14.6. The fourth-order valence-corrected chi connectivity index (χ4v) is 3.75. The van der Waals surface area contributed by atoms with Gasteiger partial charge in [-0.1, -0.05) is 24.2 Å². The van der Waals surface area contributed by atoms with E-state index in [4.69, 9.17) is 22.3 Å². The molecule has 1 aromatic carbocycles. The van der Waals surface area contributed by atoms with E-state index in [9.17, 15) is 4.39 Å². The summed E-state index contributed by atoms with van der Waals surface area (Å²) in [6.45, 7) is 6.11. The van der Waals surface area contributed by atoms with Gasteiger partial charge < -0.3 is 5.73 Å². The molecule has 2 aromatic heterocycles. The summed E-state index contributed by atoms with van der Waals surface area (Å²) in [5.74, 6) is -0.354. The van der Waals surface area contributed by atoms with Crippen molar-refractivity contribution in [1.29, 1.82) is 0 Å². The minimum atomic E-state index is -0.354. The van der Waals surface area contributed by atoms with Gasteiger partial charge in [-0.2, -0.15) is 0 Å². The molecule has 0 aliphatic carbocycles.